The predicted octanol–water partition coefficient (Wildman–Crippen LogP) is 1.98. The van der Waals surface area contributed by atoms with Crippen LogP contribution in [0.5, 0.6) is 0 Å². The first-order valence-electron chi connectivity index (χ1n) is 4.96. The fraction of sp³-hybridized carbons (Fsp3) is 1.00. The van der Waals surface area contributed by atoms with Crippen molar-refractivity contribution in [2.45, 2.75) is 44.8 Å². The predicted molar refractivity (Wildman–Crippen MR) is 47.1 cm³/mol. The fourth-order valence-corrected chi connectivity index (χ4v) is 1.59. The van der Waals surface area contributed by atoms with E-state index < -0.39 is 0 Å². The van der Waals surface area contributed by atoms with Gasteiger partial charge in [0.05, 0.1) is 24.9 Å². The molecule has 0 aromatic carbocycles. The highest BCUT2D eigenvalue weighted by molar-refractivity contribution is 4.91. The molecule has 0 spiro atoms. The van der Waals surface area contributed by atoms with E-state index in [0.29, 0.717) is 6.10 Å². The van der Waals surface area contributed by atoms with E-state index in [1.807, 2.05) is 0 Å². The molecule has 0 amide bonds. The number of epoxide rings is 2. The number of hydrogen-bond donors (Lipinski definition) is 0. The molecule has 0 aromatic heterocycles. The van der Waals surface area contributed by atoms with Gasteiger partial charge in [0.25, 0.3) is 0 Å². The molecule has 2 aliphatic heterocycles. The van der Waals surface area contributed by atoms with E-state index in [4.69, 9.17) is 9.47 Å². The van der Waals surface area contributed by atoms with Gasteiger partial charge in [-0.1, -0.05) is 13.3 Å². The molecule has 2 heteroatoms. The van der Waals surface area contributed by atoms with Crippen LogP contribution in [0.3, 0.4) is 0 Å². The van der Waals surface area contributed by atoms with Crippen LogP contribution in [0, 0.1) is 5.92 Å². The fourth-order valence-electron chi connectivity index (χ4n) is 1.59. The molecule has 2 fully saturated rings. The Morgan fingerprint density at radius 1 is 1.58 bits per heavy atom. The lowest BCUT2D eigenvalue weighted by molar-refractivity contribution is 0.232. The van der Waals surface area contributed by atoms with E-state index in [-0.39, 0.29) is 5.60 Å². The number of ether oxygens (including phenoxy) is 2. The highest BCUT2D eigenvalue weighted by atomic mass is 16.6. The zero-order valence-corrected chi connectivity index (χ0v) is 8.01. The molecule has 70 valence electrons. The Hall–Kier alpha value is -0.0800. The van der Waals surface area contributed by atoms with Gasteiger partial charge < -0.3 is 9.47 Å². The van der Waals surface area contributed by atoms with Crippen LogP contribution in [0.25, 0.3) is 0 Å². The number of rotatable bonds is 5. The molecule has 0 radical (unpaired) electrons. The molecule has 0 bridgehead atoms. The Balaban J connectivity index is 1.58. The molecule has 2 saturated heterocycles. The van der Waals surface area contributed by atoms with Gasteiger partial charge in [-0.05, 0) is 25.7 Å². The van der Waals surface area contributed by atoms with Crippen LogP contribution < -0.4 is 0 Å². The van der Waals surface area contributed by atoms with Gasteiger partial charge in [0.15, 0.2) is 0 Å². The van der Waals surface area contributed by atoms with Gasteiger partial charge in [-0.25, -0.2) is 0 Å². The summed E-state index contributed by atoms with van der Waals surface area (Å²) in [6.07, 6.45) is 4.44. The molecule has 0 aromatic rings. The van der Waals surface area contributed by atoms with Gasteiger partial charge in [0, 0.05) is 0 Å². The molecule has 2 heterocycles. The average Bonchev–Trinajstić information content (AvgIpc) is 2.86. The summed E-state index contributed by atoms with van der Waals surface area (Å²) >= 11 is 0. The van der Waals surface area contributed by atoms with E-state index in [2.05, 4.69) is 13.8 Å². The first-order valence-corrected chi connectivity index (χ1v) is 4.96. The molecule has 0 N–H and O–H groups in total. The van der Waals surface area contributed by atoms with E-state index in [1.165, 1.54) is 19.3 Å². The lowest BCUT2D eigenvalue weighted by atomic mass is 9.91. The quantitative estimate of drug-likeness (QED) is 0.589. The molecular formula is C10H18O2. The van der Waals surface area contributed by atoms with E-state index in [0.717, 1.165) is 19.1 Å². The van der Waals surface area contributed by atoms with Crippen LogP contribution in [-0.2, 0) is 9.47 Å². The van der Waals surface area contributed by atoms with Crippen molar-refractivity contribution in [1.82, 2.24) is 0 Å². The summed E-state index contributed by atoms with van der Waals surface area (Å²) < 4.78 is 10.6. The maximum Gasteiger partial charge on any atom is 0.0913 e. The van der Waals surface area contributed by atoms with E-state index >= 15 is 0 Å². The highest BCUT2D eigenvalue weighted by Crippen LogP contribution is 2.37. The van der Waals surface area contributed by atoms with Crippen LogP contribution in [0.15, 0.2) is 0 Å². The van der Waals surface area contributed by atoms with Gasteiger partial charge in [0.1, 0.15) is 0 Å². The van der Waals surface area contributed by atoms with Gasteiger partial charge in [-0.3, -0.25) is 0 Å². The summed E-state index contributed by atoms with van der Waals surface area (Å²) in [6, 6.07) is 0. The molecule has 12 heavy (non-hydrogen) atoms. The van der Waals surface area contributed by atoms with Crippen LogP contribution in [0.2, 0.25) is 0 Å². The molecule has 2 aliphatic rings. The standard InChI is InChI=1S/C10H18O2/c1-8(10(2)7-12-10)4-3-5-9-6-11-9/h8-9H,3-7H2,1-2H3. The second-order valence-corrected chi connectivity index (χ2v) is 4.39. The zero-order chi connectivity index (χ0) is 8.60. The first kappa shape index (κ1) is 8.52. The van der Waals surface area contributed by atoms with Crippen molar-refractivity contribution in [3.63, 3.8) is 0 Å². The van der Waals surface area contributed by atoms with Crippen molar-refractivity contribution in [2.75, 3.05) is 13.2 Å². The summed E-state index contributed by atoms with van der Waals surface area (Å²) in [6.45, 7) is 6.47. The monoisotopic (exact) mass is 170 g/mol. The van der Waals surface area contributed by atoms with Crippen LogP contribution in [0.1, 0.15) is 33.1 Å². The molecule has 0 aliphatic carbocycles. The molecular weight excluding hydrogens is 152 g/mol. The highest BCUT2D eigenvalue weighted by Gasteiger charge is 2.44. The Morgan fingerprint density at radius 2 is 2.25 bits per heavy atom. The SMILES string of the molecule is CC(CCCC1CO1)C1(C)CO1. The van der Waals surface area contributed by atoms with Crippen molar-refractivity contribution in [3.05, 3.63) is 0 Å². The average molecular weight is 170 g/mol. The molecule has 2 rings (SSSR count). The molecule has 2 nitrogen and oxygen atoms in total. The Bertz CT molecular complexity index is 159. The first-order chi connectivity index (χ1) is 5.71. The second-order valence-electron chi connectivity index (χ2n) is 4.39. The Labute approximate surface area is 74.2 Å². The maximum absolute atomic E-state index is 5.40. The lowest BCUT2D eigenvalue weighted by Crippen LogP contribution is -2.17. The van der Waals surface area contributed by atoms with Gasteiger partial charge in [-0.2, -0.15) is 0 Å². The topological polar surface area (TPSA) is 25.1 Å². The van der Waals surface area contributed by atoms with Crippen molar-refractivity contribution in [1.29, 1.82) is 0 Å². The summed E-state index contributed by atoms with van der Waals surface area (Å²) in [5.41, 5.74) is 0.227. The maximum atomic E-state index is 5.40. The molecule has 3 atom stereocenters. The smallest absolute Gasteiger partial charge is 0.0913 e. The third-order valence-corrected chi connectivity index (χ3v) is 3.21. The minimum atomic E-state index is 0.227. The van der Waals surface area contributed by atoms with Crippen molar-refractivity contribution < 1.29 is 9.47 Å². The number of hydrogen-bond acceptors (Lipinski definition) is 2. The third kappa shape index (κ3) is 1.99. The zero-order valence-electron chi connectivity index (χ0n) is 8.01. The molecule has 0 saturated carbocycles. The second kappa shape index (κ2) is 3.00. The minimum Gasteiger partial charge on any atom is -0.373 e. The van der Waals surface area contributed by atoms with Crippen molar-refractivity contribution in [2.24, 2.45) is 5.92 Å². The molecule has 3 unspecified atom stereocenters. The normalized spacial score (nSPS) is 41.0. The summed E-state index contributed by atoms with van der Waals surface area (Å²) in [5.74, 6) is 0.719. The Morgan fingerprint density at radius 3 is 2.75 bits per heavy atom. The minimum absolute atomic E-state index is 0.227. The summed E-state index contributed by atoms with van der Waals surface area (Å²) in [7, 11) is 0. The van der Waals surface area contributed by atoms with Crippen molar-refractivity contribution in [3.8, 4) is 0 Å². The van der Waals surface area contributed by atoms with E-state index in [9.17, 15) is 0 Å². The largest absolute Gasteiger partial charge is 0.373 e. The third-order valence-electron chi connectivity index (χ3n) is 3.21. The van der Waals surface area contributed by atoms with Crippen LogP contribution >= 0.6 is 0 Å². The lowest BCUT2D eigenvalue weighted by Gasteiger charge is -2.14. The van der Waals surface area contributed by atoms with Crippen molar-refractivity contribution >= 4 is 0 Å². The summed E-state index contributed by atoms with van der Waals surface area (Å²) in [5, 5.41) is 0. The van der Waals surface area contributed by atoms with Gasteiger partial charge in [-0.15, -0.1) is 0 Å². The van der Waals surface area contributed by atoms with E-state index in [1.54, 1.807) is 0 Å². The van der Waals surface area contributed by atoms with Crippen LogP contribution in [-0.4, -0.2) is 24.9 Å². The van der Waals surface area contributed by atoms with Gasteiger partial charge in [0.2, 0.25) is 0 Å². The summed E-state index contributed by atoms with van der Waals surface area (Å²) in [4.78, 5) is 0. The van der Waals surface area contributed by atoms with Crippen LogP contribution in [0.4, 0.5) is 0 Å². The van der Waals surface area contributed by atoms with Gasteiger partial charge >= 0.3 is 0 Å². The Kier molecular flexibility index (Phi) is 2.13.